The number of thiocarbonyl (C=S) groups is 1. The highest BCUT2D eigenvalue weighted by molar-refractivity contribution is 7.80. The number of methoxy groups -OCH3 is 1. The Morgan fingerprint density at radius 2 is 1.66 bits per heavy atom. The molecule has 0 unspecified atom stereocenters. The van der Waals surface area contributed by atoms with Crippen molar-refractivity contribution in [3.63, 3.8) is 0 Å². The van der Waals surface area contributed by atoms with Gasteiger partial charge in [-0.1, -0.05) is 41.4 Å². The van der Waals surface area contributed by atoms with E-state index >= 15 is 0 Å². The van der Waals surface area contributed by atoms with E-state index in [9.17, 15) is 9.59 Å². The van der Waals surface area contributed by atoms with E-state index in [2.05, 4.69) is 16.0 Å². The standard InChI is InChI=1S/C24H22ClN3O3S/c1-14-8-10-17(15(2)12-14)22(29)28-24(32)26-16-9-11-20(21(13-16)31-3)27-23(30)18-6-4-5-7-19(18)25/h4-13H,1-3H3,(H,27,30)(H2,26,28,29,32). The molecule has 0 aliphatic heterocycles. The van der Waals surface area contributed by atoms with Crippen molar-refractivity contribution in [3.8, 4) is 5.75 Å². The van der Waals surface area contributed by atoms with E-state index in [1.54, 1.807) is 48.5 Å². The van der Waals surface area contributed by atoms with Crippen molar-refractivity contribution < 1.29 is 14.3 Å². The summed E-state index contributed by atoms with van der Waals surface area (Å²) in [6.45, 7) is 3.84. The molecule has 0 radical (unpaired) electrons. The molecule has 0 spiro atoms. The number of rotatable bonds is 5. The summed E-state index contributed by atoms with van der Waals surface area (Å²) in [5, 5.41) is 8.91. The van der Waals surface area contributed by atoms with Crippen molar-refractivity contribution in [1.29, 1.82) is 0 Å². The summed E-state index contributed by atoms with van der Waals surface area (Å²) < 4.78 is 5.39. The van der Waals surface area contributed by atoms with Crippen molar-refractivity contribution in [2.75, 3.05) is 17.7 Å². The SMILES string of the molecule is COc1cc(NC(=S)NC(=O)c2ccc(C)cc2C)ccc1NC(=O)c1ccccc1Cl. The molecule has 0 aliphatic rings. The normalized spacial score (nSPS) is 10.2. The Kier molecular flexibility index (Phi) is 7.45. The van der Waals surface area contributed by atoms with Gasteiger partial charge in [0.25, 0.3) is 11.8 Å². The van der Waals surface area contributed by atoms with Crippen LogP contribution in [0.5, 0.6) is 5.75 Å². The Morgan fingerprint density at radius 1 is 0.906 bits per heavy atom. The fourth-order valence-corrected chi connectivity index (χ4v) is 3.54. The first kappa shape index (κ1) is 23.2. The second-order valence-electron chi connectivity index (χ2n) is 7.08. The Bertz CT molecular complexity index is 1200. The molecule has 3 aromatic rings. The molecule has 0 saturated heterocycles. The van der Waals surface area contributed by atoms with E-state index in [4.69, 9.17) is 28.6 Å². The monoisotopic (exact) mass is 467 g/mol. The summed E-state index contributed by atoms with van der Waals surface area (Å²) >= 11 is 11.4. The molecule has 6 nitrogen and oxygen atoms in total. The molecule has 0 saturated carbocycles. The Morgan fingerprint density at radius 3 is 2.34 bits per heavy atom. The zero-order chi connectivity index (χ0) is 23.3. The minimum absolute atomic E-state index is 0.143. The van der Waals surface area contributed by atoms with E-state index in [-0.39, 0.29) is 16.9 Å². The van der Waals surface area contributed by atoms with Crippen LogP contribution in [-0.2, 0) is 0 Å². The third-order valence-corrected chi connectivity index (χ3v) is 5.21. The maximum absolute atomic E-state index is 12.5. The third-order valence-electron chi connectivity index (χ3n) is 4.68. The number of halogens is 1. The first-order valence-electron chi connectivity index (χ1n) is 9.72. The quantitative estimate of drug-likeness (QED) is 0.441. The number of carbonyl (C=O) groups excluding carboxylic acids is 2. The van der Waals surface area contributed by atoms with Crippen LogP contribution in [0, 0.1) is 13.8 Å². The van der Waals surface area contributed by atoms with Gasteiger partial charge in [0.2, 0.25) is 0 Å². The topological polar surface area (TPSA) is 79.5 Å². The lowest BCUT2D eigenvalue weighted by atomic mass is 10.1. The molecule has 32 heavy (non-hydrogen) atoms. The first-order chi connectivity index (χ1) is 15.3. The molecule has 0 fully saturated rings. The molecule has 3 aromatic carbocycles. The Labute approximate surface area is 196 Å². The zero-order valence-electron chi connectivity index (χ0n) is 17.8. The average Bonchev–Trinajstić information content (AvgIpc) is 2.74. The Balaban J connectivity index is 1.68. The minimum Gasteiger partial charge on any atom is -0.494 e. The molecular formula is C24H22ClN3O3S. The van der Waals surface area contributed by atoms with Gasteiger partial charge in [-0.3, -0.25) is 14.9 Å². The summed E-state index contributed by atoms with van der Waals surface area (Å²) in [6, 6.07) is 17.4. The number of amides is 2. The molecule has 164 valence electrons. The second kappa shape index (κ2) is 10.3. The summed E-state index contributed by atoms with van der Waals surface area (Å²) in [5.74, 6) is -0.236. The zero-order valence-corrected chi connectivity index (χ0v) is 19.4. The highest BCUT2D eigenvalue weighted by atomic mass is 35.5. The van der Waals surface area contributed by atoms with Gasteiger partial charge in [-0.2, -0.15) is 0 Å². The molecule has 3 N–H and O–H groups in total. The molecule has 3 rings (SSSR count). The van der Waals surface area contributed by atoms with Crippen molar-refractivity contribution >= 4 is 52.1 Å². The van der Waals surface area contributed by atoms with E-state index in [0.717, 1.165) is 11.1 Å². The fourth-order valence-electron chi connectivity index (χ4n) is 3.11. The van der Waals surface area contributed by atoms with Gasteiger partial charge in [0, 0.05) is 17.3 Å². The number of hydrogen-bond acceptors (Lipinski definition) is 4. The number of carbonyl (C=O) groups is 2. The smallest absolute Gasteiger partial charge is 0.257 e. The first-order valence-corrected chi connectivity index (χ1v) is 10.5. The average molecular weight is 468 g/mol. The summed E-state index contributed by atoms with van der Waals surface area (Å²) in [5.41, 5.74) is 3.90. The lowest BCUT2D eigenvalue weighted by molar-refractivity contribution is 0.0975. The van der Waals surface area contributed by atoms with Crippen molar-refractivity contribution in [3.05, 3.63) is 87.9 Å². The van der Waals surface area contributed by atoms with Crippen LogP contribution in [0.15, 0.2) is 60.7 Å². The van der Waals surface area contributed by atoms with Gasteiger partial charge in [0.1, 0.15) is 5.75 Å². The van der Waals surface area contributed by atoms with E-state index in [0.29, 0.717) is 33.3 Å². The molecular weight excluding hydrogens is 446 g/mol. The van der Waals surface area contributed by atoms with E-state index in [1.807, 2.05) is 26.0 Å². The lowest BCUT2D eigenvalue weighted by Crippen LogP contribution is -2.34. The van der Waals surface area contributed by atoms with Gasteiger partial charge in [-0.25, -0.2) is 0 Å². The van der Waals surface area contributed by atoms with Gasteiger partial charge in [0.15, 0.2) is 5.11 Å². The van der Waals surface area contributed by atoms with Gasteiger partial charge < -0.3 is 15.4 Å². The van der Waals surface area contributed by atoms with Crippen LogP contribution in [-0.4, -0.2) is 24.0 Å². The second-order valence-corrected chi connectivity index (χ2v) is 7.89. The summed E-state index contributed by atoms with van der Waals surface area (Å²) in [6.07, 6.45) is 0. The minimum atomic E-state index is -0.356. The lowest BCUT2D eigenvalue weighted by Gasteiger charge is -2.15. The maximum atomic E-state index is 12.5. The van der Waals surface area contributed by atoms with Gasteiger partial charge in [-0.15, -0.1) is 0 Å². The van der Waals surface area contributed by atoms with Crippen LogP contribution in [0.4, 0.5) is 11.4 Å². The highest BCUT2D eigenvalue weighted by Crippen LogP contribution is 2.29. The summed E-state index contributed by atoms with van der Waals surface area (Å²) in [7, 11) is 1.49. The van der Waals surface area contributed by atoms with E-state index < -0.39 is 0 Å². The Hall–Kier alpha value is -3.42. The largest absolute Gasteiger partial charge is 0.494 e. The molecule has 0 heterocycles. The van der Waals surface area contributed by atoms with Crippen molar-refractivity contribution in [1.82, 2.24) is 5.32 Å². The van der Waals surface area contributed by atoms with E-state index in [1.165, 1.54) is 7.11 Å². The molecule has 8 heteroatoms. The predicted octanol–water partition coefficient (Wildman–Crippen LogP) is 5.34. The van der Waals surface area contributed by atoms with Crippen LogP contribution < -0.4 is 20.7 Å². The highest BCUT2D eigenvalue weighted by Gasteiger charge is 2.14. The number of anilines is 2. The maximum Gasteiger partial charge on any atom is 0.257 e. The fraction of sp³-hybridized carbons (Fsp3) is 0.125. The van der Waals surface area contributed by atoms with Crippen LogP contribution in [0.2, 0.25) is 5.02 Å². The molecule has 0 aromatic heterocycles. The molecule has 2 amide bonds. The molecule has 0 bridgehead atoms. The van der Waals surface area contributed by atoms with Crippen LogP contribution in [0.3, 0.4) is 0 Å². The van der Waals surface area contributed by atoms with Crippen LogP contribution in [0.25, 0.3) is 0 Å². The number of ether oxygens (including phenoxy) is 1. The number of hydrogen-bond donors (Lipinski definition) is 3. The number of benzene rings is 3. The summed E-state index contributed by atoms with van der Waals surface area (Å²) in [4.78, 5) is 25.1. The van der Waals surface area contributed by atoms with Gasteiger partial charge in [-0.05, 0) is 62.0 Å². The van der Waals surface area contributed by atoms with Crippen LogP contribution >= 0.6 is 23.8 Å². The predicted molar refractivity (Wildman–Crippen MR) is 132 cm³/mol. The van der Waals surface area contributed by atoms with Gasteiger partial charge >= 0.3 is 0 Å². The van der Waals surface area contributed by atoms with Crippen molar-refractivity contribution in [2.24, 2.45) is 0 Å². The molecule has 0 aliphatic carbocycles. The third kappa shape index (κ3) is 5.63. The molecule has 0 atom stereocenters. The van der Waals surface area contributed by atoms with Gasteiger partial charge in [0.05, 0.1) is 23.4 Å². The number of aryl methyl sites for hydroxylation is 2. The van der Waals surface area contributed by atoms with Crippen molar-refractivity contribution in [2.45, 2.75) is 13.8 Å². The van der Waals surface area contributed by atoms with Crippen LogP contribution in [0.1, 0.15) is 31.8 Å². The number of nitrogens with one attached hydrogen (secondary N) is 3.